The van der Waals surface area contributed by atoms with Crippen LogP contribution in [-0.2, 0) is 25.6 Å². The van der Waals surface area contributed by atoms with Crippen LogP contribution in [0, 0.1) is 11.3 Å². The monoisotopic (exact) mass is 586 g/mol. The first kappa shape index (κ1) is 34.2. The van der Waals surface area contributed by atoms with Crippen molar-refractivity contribution < 1.29 is 19.2 Å². The van der Waals surface area contributed by atoms with Gasteiger partial charge in [0.15, 0.2) is 0 Å². The number of rotatable bonds is 14. The maximum atomic E-state index is 13.5. The molecule has 0 saturated carbocycles. The average Bonchev–Trinajstić information content (AvgIpc) is 3.43. The van der Waals surface area contributed by atoms with Crippen molar-refractivity contribution in [3.63, 3.8) is 0 Å². The molecule has 3 amide bonds. The maximum Gasteiger partial charge on any atom is 0.291 e. The number of carbonyl (C=O) groups excluding carboxylic acids is 4. The van der Waals surface area contributed by atoms with Gasteiger partial charge >= 0.3 is 0 Å². The first-order valence-electron chi connectivity index (χ1n) is 14.7. The molecule has 1 aliphatic rings. The summed E-state index contributed by atoms with van der Waals surface area (Å²) in [7, 11) is 0. The van der Waals surface area contributed by atoms with Crippen LogP contribution in [0.5, 0.6) is 0 Å². The Morgan fingerprint density at radius 2 is 1.73 bits per heavy atom. The molecule has 1 heterocycles. The number of hydrogen-bond acceptors (Lipinski definition) is 5. The fourth-order valence-corrected chi connectivity index (χ4v) is 4.88. The predicted octanol–water partition coefficient (Wildman–Crippen LogP) is 4.04. The van der Waals surface area contributed by atoms with E-state index in [1.807, 2.05) is 49.4 Å². The molecule has 0 aromatic heterocycles. The van der Waals surface area contributed by atoms with Crippen LogP contribution in [-0.4, -0.2) is 66.7 Å². The zero-order valence-corrected chi connectivity index (χ0v) is 25.9. The number of fused-ring (bicyclic) bond motifs is 1. The van der Waals surface area contributed by atoms with Crippen molar-refractivity contribution in [1.29, 1.82) is 0 Å². The van der Waals surface area contributed by atoms with E-state index in [0.717, 1.165) is 35.8 Å². The zero-order chi connectivity index (χ0) is 29.3. The topological polar surface area (TPSA) is 108 Å². The Hall–Kier alpha value is -2.97. The van der Waals surface area contributed by atoms with Crippen LogP contribution in [0.25, 0.3) is 10.8 Å². The third-order valence-electron chi connectivity index (χ3n) is 7.78. The molecule has 0 radical (unpaired) electrons. The molecule has 0 bridgehead atoms. The van der Waals surface area contributed by atoms with Crippen molar-refractivity contribution in [2.45, 2.75) is 78.8 Å². The summed E-state index contributed by atoms with van der Waals surface area (Å²) in [6.07, 6.45) is 2.72. The third kappa shape index (κ3) is 9.54. The van der Waals surface area contributed by atoms with E-state index in [0.29, 0.717) is 44.7 Å². The van der Waals surface area contributed by atoms with Crippen LogP contribution in [0.3, 0.4) is 0 Å². The molecule has 2 aromatic carbocycles. The number of carbonyl (C=O) groups is 4. The van der Waals surface area contributed by atoms with E-state index in [1.165, 1.54) is 4.90 Å². The molecule has 2 aromatic rings. The van der Waals surface area contributed by atoms with Gasteiger partial charge in [0.05, 0.1) is 0 Å². The normalized spacial score (nSPS) is 15.9. The van der Waals surface area contributed by atoms with Crippen LogP contribution < -0.4 is 16.0 Å². The third-order valence-corrected chi connectivity index (χ3v) is 7.78. The summed E-state index contributed by atoms with van der Waals surface area (Å²) in [5.74, 6) is -1.20. The number of ketones is 1. The minimum atomic E-state index is -0.808. The van der Waals surface area contributed by atoms with Crippen LogP contribution >= 0.6 is 12.4 Å². The van der Waals surface area contributed by atoms with Crippen LogP contribution in [0.15, 0.2) is 42.5 Å². The van der Waals surface area contributed by atoms with Gasteiger partial charge in [-0.25, -0.2) is 0 Å². The summed E-state index contributed by atoms with van der Waals surface area (Å²) in [5.41, 5.74) is 0.139. The highest BCUT2D eigenvalue weighted by Gasteiger charge is 2.41. The molecule has 9 heteroatoms. The summed E-state index contributed by atoms with van der Waals surface area (Å²) < 4.78 is 0. The number of benzene rings is 2. The number of amides is 3. The fourth-order valence-electron chi connectivity index (χ4n) is 4.88. The number of likely N-dealkylation sites (tertiary alicyclic amines) is 1. The highest BCUT2D eigenvalue weighted by molar-refractivity contribution is 6.38. The van der Waals surface area contributed by atoms with E-state index >= 15 is 0 Å². The van der Waals surface area contributed by atoms with Gasteiger partial charge in [0.25, 0.3) is 5.91 Å². The van der Waals surface area contributed by atoms with Gasteiger partial charge in [-0.15, -0.1) is 12.4 Å². The SMILES string of the molecule is CCC(C)(C)C(=O)C(=O)N1CCCC1C(=O)N[C@H](Cc1ccc2ccccc2c1)C(=O)NCCCNCC(C)C.Cl. The molecule has 3 N–H and O–H groups in total. The number of nitrogens with zero attached hydrogens (tertiary/aromatic N) is 1. The van der Waals surface area contributed by atoms with Gasteiger partial charge in [0, 0.05) is 24.9 Å². The Bertz CT molecular complexity index is 1200. The summed E-state index contributed by atoms with van der Waals surface area (Å²) in [5, 5.41) is 11.4. The van der Waals surface area contributed by atoms with E-state index in [2.05, 4.69) is 29.8 Å². The predicted molar refractivity (Wildman–Crippen MR) is 166 cm³/mol. The van der Waals surface area contributed by atoms with E-state index in [1.54, 1.807) is 13.8 Å². The molecular formula is C32H47ClN4O4. The van der Waals surface area contributed by atoms with Gasteiger partial charge in [0.1, 0.15) is 12.1 Å². The average molecular weight is 587 g/mol. The summed E-state index contributed by atoms with van der Waals surface area (Å²) in [6, 6.07) is 12.5. The quantitative estimate of drug-likeness (QED) is 0.229. The van der Waals surface area contributed by atoms with Crippen molar-refractivity contribution in [2.75, 3.05) is 26.2 Å². The summed E-state index contributed by atoms with van der Waals surface area (Å²) >= 11 is 0. The Labute approximate surface area is 250 Å². The van der Waals surface area contributed by atoms with E-state index in [9.17, 15) is 19.2 Å². The van der Waals surface area contributed by atoms with Crippen molar-refractivity contribution >= 4 is 46.7 Å². The highest BCUT2D eigenvalue weighted by atomic mass is 35.5. The fraction of sp³-hybridized carbons (Fsp3) is 0.562. The number of Topliss-reactive ketones (excluding diaryl/α,β-unsaturated/α-hetero) is 1. The van der Waals surface area contributed by atoms with Gasteiger partial charge in [-0.05, 0) is 61.0 Å². The highest BCUT2D eigenvalue weighted by Crippen LogP contribution is 2.26. The minimum Gasteiger partial charge on any atom is -0.354 e. The second-order valence-electron chi connectivity index (χ2n) is 11.9. The molecule has 2 atom stereocenters. The summed E-state index contributed by atoms with van der Waals surface area (Å²) in [4.78, 5) is 54.1. The molecule has 1 fully saturated rings. The molecule has 8 nitrogen and oxygen atoms in total. The van der Waals surface area contributed by atoms with Crippen molar-refractivity contribution in [3.05, 3.63) is 48.0 Å². The zero-order valence-electron chi connectivity index (χ0n) is 25.1. The number of hydrogen-bond donors (Lipinski definition) is 3. The first-order valence-corrected chi connectivity index (χ1v) is 14.7. The smallest absolute Gasteiger partial charge is 0.291 e. The second-order valence-corrected chi connectivity index (χ2v) is 11.9. The largest absolute Gasteiger partial charge is 0.354 e. The van der Waals surface area contributed by atoms with Gasteiger partial charge in [-0.2, -0.15) is 0 Å². The van der Waals surface area contributed by atoms with Crippen LogP contribution in [0.1, 0.15) is 65.9 Å². The molecule has 41 heavy (non-hydrogen) atoms. The molecule has 0 spiro atoms. The molecule has 226 valence electrons. The lowest BCUT2D eigenvalue weighted by molar-refractivity contribution is -0.151. The maximum absolute atomic E-state index is 13.5. The van der Waals surface area contributed by atoms with Crippen molar-refractivity contribution in [2.24, 2.45) is 11.3 Å². The molecule has 1 saturated heterocycles. The van der Waals surface area contributed by atoms with E-state index in [-0.39, 0.29) is 18.3 Å². The lowest BCUT2D eigenvalue weighted by atomic mass is 9.84. The molecule has 3 rings (SSSR count). The lowest BCUT2D eigenvalue weighted by Crippen LogP contribution is -2.55. The Balaban J connectivity index is 0.00000588. The Morgan fingerprint density at radius 1 is 1.02 bits per heavy atom. The molecule has 1 unspecified atom stereocenters. The second kappa shape index (κ2) is 15.9. The minimum absolute atomic E-state index is 0. The van der Waals surface area contributed by atoms with E-state index < -0.39 is 35.1 Å². The first-order chi connectivity index (χ1) is 19.0. The van der Waals surface area contributed by atoms with Crippen LogP contribution in [0.4, 0.5) is 0 Å². The Morgan fingerprint density at radius 3 is 2.41 bits per heavy atom. The van der Waals surface area contributed by atoms with Gasteiger partial charge in [-0.1, -0.05) is 77.1 Å². The lowest BCUT2D eigenvalue weighted by Gasteiger charge is -2.29. The number of nitrogens with one attached hydrogen (secondary N) is 3. The molecular weight excluding hydrogens is 540 g/mol. The van der Waals surface area contributed by atoms with Crippen LogP contribution in [0.2, 0.25) is 0 Å². The van der Waals surface area contributed by atoms with Gasteiger partial charge in [-0.3, -0.25) is 19.2 Å². The van der Waals surface area contributed by atoms with Gasteiger partial charge < -0.3 is 20.9 Å². The molecule has 1 aliphatic heterocycles. The molecule has 0 aliphatic carbocycles. The van der Waals surface area contributed by atoms with Crippen molar-refractivity contribution in [1.82, 2.24) is 20.9 Å². The van der Waals surface area contributed by atoms with Crippen molar-refractivity contribution in [3.8, 4) is 0 Å². The summed E-state index contributed by atoms with van der Waals surface area (Å²) in [6.45, 7) is 12.2. The van der Waals surface area contributed by atoms with E-state index in [4.69, 9.17) is 0 Å². The van der Waals surface area contributed by atoms with Gasteiger partial charge in [0.2, 0.25) is 17.6 Å². The number of halogens is 1. The Kier molecular flexibility index (Phi) is 13.3. The standard InChI is InChI=1S/C32H46N4O4.ClH/c1-6-32(4,5)28(37)31(40)36-18-9-13-27(36)30(39)35-26(29(38)34-17-10-16-33-21-22(2)3)20-23-14-15-24-11-7-8-12-25(24)19-23;/h7-8,11-12,14-15,19,22,26-27,33H,6,9-10,13,16-18,20-21H2,1-5H3,(H,34,38)(H,35,39);1H/t26-,27?;/m1./s1.